The molecule has 3 rings (SSSR count). The third-order valence-corrected chi connectivity index (χ3v) is 6.88. The van der Waals surface area contributed by atoms with Crippen LogP contribution in [-0.4, -0.2) is 29.9 Å². The van der Waals surface area contributed by atoms with Gasteiger partial charge in [-0.1, -0.05) is 41.5 Å². The molecule has 3 aromatic carbocycles. The molecular weight excluding hydrogens is 456 g/mol. The Balaban J connectivity index is 2.08. The van der Waals surface area contributed by atoms with Crippen LogP contribution in [0.15, 0.2) is 76.5 Å². The summed E-state index contributed by atoms with van der Waals surface area (Å²) in [5.74, 6) is -2.02. The zero-order chi connectivity index (χ0) is 23.5. The fourth-order valence-electron chi connectivity index (χ4n) is 2.67. The molecule has 0 radical (unpaired) electrons. The van der Waals surface area contributed by atoms with E-state index in [0.717, 1.165) is 18.2 Å². The Hall–Kier alpha value is -3.37. The standard InChI is InChI=1S/C22H20O8S2/c1-15-7-11-17(12-8-15)31(24,25)29-20-6-4-5-19(22(23)28-3)21(20)30-32(26,27)18-13-9-16(2)10-14-18/h4-14H,1-3H3. The summed E-state index contributed by atoms with van der Waals surface area (Å²) >= 11 is 0. The van der Waals surface area contributed by atoms with Gasteiger partial charge in [-0.3, -0.25) is 0 Å². The van der Waals surface area contributed by atoms with Crippen LogP contribution in [0, 0.1) is 13.8 Å². The minimum Gasteiger partial charge on any atom is -0.465 e. The lowest BCUT2D eigenvalue weighted by molar-refractivity contribution is 0.0598. The molecule has 0 saturated heterocycles. The molecule has 0 unspecified atom stereocenters. The summed E-state index contributed by atoms with van der Waals surface area (Å²) in [6.45, 7) is 3.57. The van der Waals surface area contributed by atoms with E-state index < -0.39 is 37.7 Å². The van der Waals surface area contributed by atoms with E-state index in [9.17, 15) is 21.6 Å². The van der Waals surface area contributed by atoms with E-state index in [2.05, 4.69) is 4.74 Å². The van der Waals surface area contributed by atoms with Crippen LogP contribution in [0.4, 0.5) is 0 Å². The third kappa shape index (κ3) is 5.09. The molecule has 0 aliphatic heterocycles. The Morgan fingerprint density at radius 1 is 0.688 bits per heavy atom. The summed E-state index contributed by atoms with van der Waals surface area (Å²) < 4.78 is 66.2. The number of esters is 1. The van der Waals surface area contributed by atoms with Crippen molar-refractivity contribution in [2.45, 2.75) is 23.6 Å². The molecule has 0 saturated carbocycles. The third-order valence-electron chi connectivity index (χ3n) is 4.40. The number of rotatable bonds is 7. The predicted octanol–water partition coefficient (Wildman–Crippen LogP) is 3.63. The monoisotopic (exact) mass is 476 g/mol. The summed E-state index contributed by atoms with van der Waals surface area (Å²) in [4.78, 5) is 11.9. The first kappa shape index (κ1) is 23.3. The zero-order valence-corrected chi connectivity index (χ0v) is 19.1. The maximum absolute atomic E-state index is 12.8. The normalized spacial score (nSPS) is 11.6. The smallest absolute Gasteiger partial charge is 0.341 e. The molecule has 0 fully saturated rings. The van der Waals surface area contributed by atoms with Crippen LogP contribution in [0.1, 0.15) is 21.5 Å². The van der Waals surface area contributed by atoms with Gasteiger partial charge in [-0.25, -0.2) is 4.79 Å². The van der Waals surface area contributed by atoms with Crippen LogP contribution in [0.3, 0.4) is 0 Å². The number of carbonyl (C=O) groups excluding carboxylic acids is 1. The van der Waals surface area contributed by atoms with Gasteiger partial charge < -0.3 is 13.1 Å². The first-order chi connectivity index (χ1) is 15.0. The topological polar surface area (TPSA) is 113 Å². The minimum absolute atomic E-state index is 0.154. The van der Waals surface area contributed by atoms with Gasteiger partial charge in [0.05, 0.1) is 7.11 Å². The van der Waals surface area contributed by atoms with Crippen molar-refractivity contribution in [2.75, 3.05) is 7.11 Å². The lowest BCUT2D eigenvalue weighted by Crippen LogP contribution is -2.16. The number of para-hydroxylation sites is 1. The van der Waals surface area contributed by atoms with Gasteiger partial charge in [0.25, 0.3) is 0 Å². The molecule has 0 aromatic heterocycles. The first-order valence-electron chi connectivity index (χ1n) is 9.27. The molecular formula is C22H20O8S2. The summed E-state index contributed by atoms with van der Waals surface area (Å²) in [7, 11) is -7.69. The van der Waals surface area contributed by atoms with Gasteiger partial charge in [-0.2, -0.15) is 16.8 Å². The van der Waals surface area contributed by atoms with E-state index in [1.165, 1.54) is 42.5 Å². The van der Waals surface area contributed by atoms with Gasteiger partial charge >= 0.3 is 26.2 Å². The highest BCUT2D eigenvalue weighted by atomic mass is 32.2. The predicted molar refractivity (Wildman–Crippen MR) is 116 cm³/mol. The van der Waals surface area contributed by atoms with E-state index in [1.807, 2.05) is 0 Å². The number of hydrogen-bond acceptors (Lipinski definition) is 8. The molecule has 0 aliphatic carbocycles. The van der Waals surface area contributed by atoms with Crippen molar-refractivity contribution >= 4 is 26.2 Å². The molecule has 168 valence electrons. The van der Waals surface area contributed by atoms with E-state index in [1.54, 1.807) is 38.1 Å². The van der Waals surface area contributed by atoms with Crippen molar-refractivity contribution in [3.05, 3.63) is 83.4 Å². The van der Waals surface area contributed by atoms with Crippen molar-refractivity contribution in [1.29, 1.82) is 0 Å². The first-order valence-corrected chi connectivity index (χ1v) is 12.1. The molecule has 10 heteroatoms. The summed E-state index contributed by atoms with van der Waals surface area (Å²) in [5.41, 5.74) is 1.34. The summed E-state index contributed by atoms with van der Waals surface area (Å²) in [5, 5.41) is 0. The number of benzene rings is 3. The van der Waals surface area contributed by atoms with Crippen LogP contribution in [0.5, 0.6) is 11.5 Å². The van der Waals surface area contributed by atoms with Crippen LogP contribution >= 0.6 is 0 Å². The highest BCUT2D eigenvalue weighted by Crippen LogP contribution is 2.36. The molecule has 0 spiro atoms. The van der Waals surface area contributed by atoms with Crippen LogP contribution < -0.4 is 8.37 Å². The highest BCUT2D eigenvalue weighted by Gasteiger charge is 2.28. The molecule has 0 atom stereocenters. The Kier molecular flexibility index (Phi) is 6.56. The van der Waals surface area contributed by atoms with Gasteiger partial charge in [0.1, 0.15) is 15.4 Å². The van der Waals surface area contributed by atoms with Crippen LogP contribution in [0.25, 0.3) is 0 Å². The second kappa shape index (κ2) is 9.01. The van der Waals surface area contributed by atoms with Crippen molar-refractivity contribution in [1.82, 2.24) is 0 Å². The molecule has 8 nitrogen and oxygen atoms in total. The fraction of sp³-hybridized carbons (Fsp3) is 0.136. The van der Waals surface area contributed by atoms with E-state index in [4.69, 9.17) is 8.37 Å². The van der Waals surface area contributed by atoms with Crippen molar-refractivity contribution < 1.29 is 34.7 Å². The van der Waals surface area contributed by atoms with Crippen molar-refractivity contribution in [3.8, 4) is 11.5 Å². The van der Waals surface area contributed by atoms with Crippen LogP contribution in [0.2, 0.25) is 0 Å². The Morgan fingerprint density at radius 2 is 1.16 bits per heavy atom. The van der Waals surface area contributed by atoms with Crippen molar-refractivity contribution in [2.24, 2.45) is 0 Å². The SMILES string of the molecule is COC(=O)c1cccc(OS(=O)(=O)c2ccc(C)cc2)c1OS(=O)(=O)c1ccc(C)cc1. The second-order valence-electron chi connectivity index (χ2n) is 6.83. The van der Waals surface area contributed by atoms with E-state index in [-0.39, 0.29) is 15.4 Å². The second-order valence-corrected chi connectivity index (χ2v) is 9.92. The number of aryl methyl sites for hydroxylation is 2. The molecule has 0 N–H and O–H groups in total. The van der Waals surface area contributed by atoms with E-state index in [0.29, 0.717) is 0 Å². The Bertz CT molecular complexity index is 1340. The molecule has 3 aromatic rings. The van der Waals surface area contributed by atoms with Gasteiger partial charge in [0.15, 0.2) is 5.75 Å². The number of ether oxygens (including phenoxy) is 1. The average molecular weight is 477 g/mol. The van der Waals surface area contributed by atoms with Crippen molar-refractivity contribution in [3.63, 3.8) is 0 Å². The molecule has 0 heterocycles. The fourth-order valence-corrected chi connectivity index (χ4v) is 4.56. The Morgan fingerprint density at radius 3 is 1.62 bits per heavy atom. The van der Waals surface area contributed by atoms with Gasteiger partial charge in [-0.05, 0) is 50.2 Å². The maximum atomic E-state index is 12.8. The largest absolute Gasteiger partial charge is 0.465 e. The molecule has 0 amide bonds. The number of carbonyl (C=O) groups is 1. The zero-order valence-electron chi connectivity index (χ0n) is 17.4. The van der Waals surface area contributed by atoms with E-state index >= 15 is 0 Å². The highest BCUT2D eigenvalue weighted by molar-refractivity contribution is 7.87. The average Bonchev–Trinajstić information content (AvgIpc) is 2.74. The molecule has 0 bridgehead atoms. The quantitative estimate of drug-likeness (QED) is 0.375. The summed E-state index contributed by atoms with van der Waals surface area (Å²) in [6.07, 6.45) is 0. The Labute approximate surface area is 186 Å². The van der Waals surface area contributed by atoms with Gasteiger partial charge in [-0.15, -0.1) is 0 Å². The number of hydrogen-bond donors (Lipinski definition) is 0. The summed E-state index contributed by atoms with van der Waals surface area (Å²) in [6, 6.07) is 15.4. The lowest BCUT2D eigenvalue weighted by atomic mass is 10.2. The van der Waals surface area contributed by atoms with Crippen LogP contribution in [-0.2, 0) is 25.0 Å². The molecule has 32 heavy (non-hydrogen) atoms. The number of methoxy groups -OCH3 is 1. The maximum Gasteiger partial charge on any atom is 0.341 e. The van der Waals surface area contributed by atoms with Gasteiger partial charge in [0.2, 0.25) is 5.75 Å². The van der Waals surface area contributed by atoms with Gasteiger partial charge in [0, 0.05) is 0 Å². The lowest BCUT2D eigenvalue weighted by Gasteiger charge is -2.15. The minimum atomic E-state index is -4.43. The molecule has 0 aliphatic rings.